The average molecular weight is 427 g/mol. The first kappa shape index (κ1) is 21.9. The van der Waals surface area contributed by atoms with Crippen LogP contribution in [0, 0.1) is 0 Å². The highest BCUT2D eigenvalue weighted by Gasteiger charge is 1.99. The van der Waals surface area contributed by atoms with Crippen LogP contribution in [-0.2, 0) is 0 Å². The van der Waals surface area contributed by atoms with E-state index in [9.17, 15) is 0 Å². The van der Waals surface area contributed by atoms with Crippen molar-refractivity contribution in [2.24, 2.45) is 0 Å². The minimum atomic E-state index is 0.819. The maximum atomic E-state index is 5.52. The Balaban J connectivity index is 1.77. The van der Waals surface area contributed by atoms with E-state index < -0.39 is 0 Å². The third kappa shape index (κ3) is 7.09. The van der Waals surface area contributed by atoms with Gasteiger partial charge in [0.1, 0.15) is 5.76 Å². The fourth-order valence-electron chi connectivity index (χ4n) is 3.30. The second kappa shape index (κ2) is 11.9. The molecule has 0 aliphatic heterocycles. The predicted molar refractivity (Wildman–Crippen MR) is 141 cm³/mol. The summed E-state index contributed by atoms with van der Waals surface area (Å²) in [5.74, 6) is 0.819. The molecular weight excluding hydrogens is 400 g/mol. The molecule has 4 rings (SSSR count). The number of hydrogen-bond donors (Lipinski definition) is 0. The topological polar surface area (TPSA) is 13.1 Å². The van der Waals surface area contributed by atoms with Crippen molar-refractivity contribution in [3.8, 4) is 0 Å². The number of furan rings is 1. The number of allylic oxidation sites excluding steroid dienone is 6. The lowest BCUT2D eigenvalue weighted by Gasteiger charge is -2.03. The molecule has 4 aromatic rings. The zero-order chi connectivity index (χ0) is 22.6. The zero-order valence-corrected chi connectivity index (χ0v) is 18.4. The minimum Gasteiger partial charge on any atom is -0.465 e. The summed E-state index contributed by atoms with van der Waals surface area (Å²) in [5.41, 5.74) is 5.64. The quantitative estimate of drug-likeness (QED) is 0.257. The third-order valence-corrected chi connectivity index (χ3v) is 5.07. The first-order valence-electron chi connectivity index (χ1n) is 11.0. The molecular formula is C32H26O. The summed E-state index contributed by atoms with van der Waals surface area (Å²) in [7, 11) is 0. The Kier molecular flexibility index (Phi) is 7.87. The summed E-state index contributed by atoms with van der Waals surface area (Å²) in [6.45, 7) is 0. The van der Waals surface area contributed by atoms with Gasteiger partial charge < -0.3 is 4.42 Å². The van der Waals surface area contributed by atoms with Crippen LogP contribution in [0.25, 0.3) is 24.3 Å². The molecule has 160 valence electrons. The highest BCUT2D eigenvalue weighted by atomic mass is 16.3. The molecule has 3 aromatic carbocycles. The van der Waals surface area contributed by atoms with Crippen LogP contribution in [0.5, 0.6) is 0 Å². The number of benzene rings is 3. The SMILES string of the molecule is C(=C\c1ccccc1)/C(/C=C/c1ccccc1)=C(/C=C/c1ccccc1)/C=C/c1ccco1. The van der Waals surface area contributed by atoms with Gasteiger partial charge in [0.15, 0.2) is 0 Å². The van der Waals surface area contributed by atoms with Crippen molar-refractivity contribution >= 4 is 24.3 Å². The lowest BCUT2D eigenvalue weighted by molar-refractivity contribution is 0.557. The van der Waals surface area contributed by atoms with Gasteiger partial charge in [0.05, 0.1) is 6.26 Å². The van der Waals surface area contributed by atoms with E-state index in [1.165, 1.54) is 0 Å². The van der Waals surface area contributed by atoms with Gasteiger partial charge in [0.25, 0.3) is 0 Å². The maximum Gasteiger partial charge on any atom is 0.126 e. The molecule has 1 aromatic heterocycles. The van der Waals surface area contributed by atoms with Crippen LogP contribution in [0.1, 0.15) is 22.5 Å². The Hall–Kier alpha value is -4.36. The van der Waals surface area contributed by atoms with Gasteiger partial charge in [0.2, 0.25) is 0 Å². The normalized spacial score (nSPS) is 11.8. The Morgan fingerprint density at radius 3 is 1.18 bits per heavy atom. The largest absolute Gasteiger partial charge is 0.465 e. The van der Waals surface area contributed by atoms with Crippen LogP contribution < -0.4 is 0 Å². The lowest BCUT2D eigenvalue weighted by atomic mass is 10.0. The van der Waals surface area contributed by atoms with Crippen molar-refractivity contribution in [2.75, 3.05) is 0 Å². The minimum absolute atomic E-state index is 0.819. The average Bonchev–Trinajstić information content (AvgIpc) is 3.40. The van der Waals surface area contributed by atoms with Crippen molar-refractivity contribution in [2.45, 2.75) is 0 Å². The lowest BCUT2D eigenvalue weighted by Crippen LogP contribution is -1.83. The molecule has 0 radical (unpaired) electrons. The van der Waals surface area contributed by atoms with E-state index in [0.29, 0.717) is 0 Å². The van der Waals surface area contributed by atoms with Gasteiger partial charge in [-0.15, -0.1) is 0 Å². The van der Waals surface area contributed by atoms with Crippen molar-refractivity contribution in [3.05, 3.63) is 167 Å². The summed E-state index contributed by atoms with van der Waals surface area (Å²) < 4.78 is 5.52. The van der Waals surface area contributed by atoms with Crippen molar-refractivity contribution < 1.29 is 4.42 Å². The Morgan fingerprint density at radius 2 is 0.818 bits per heavy atom. The van der Waals surface area contributed by atoms with E-state index >= 15 is 0 Å². The van der Waals surface area contributed by atoms with Gasteiger partial charge >= 0.3 is 0 Å². The molecule has 0 spiro atoms. The predicted octanol–water partition coefficient (Wildman–Crippen LogP) is 8.73. The molecule has 0 unspecified atom stereocenters. The molecule has 0 amide bonds. The van der Waals surface area contributed by atoms with E-state index in [2.05, 4.69) is 103 Å². The highest BCUT2D eigenvalue weighted by molar-refractivity contribution is 5.67. The van der Waals surface area contributed by atoms with E-state index in [4.69, 9.17) is 4.42 Å². The molecule has 0 bridgehead atoms. The fourth-order valence-corrected chi connectivity index (χ4v) is 3.30. The summed E-state index contributed by atoms with van der Waals surface area (Å²) in [6.07, 6.45) is 18.7. The molecule has 0 atom stereocenters. The van der Waals surface area contributed by atoms with Gasteiger partial charge in [0, 0.05) is 0 Å². The molecule has 0 saturated heterocycles. The molecule has 0 N–H and O–H groups in total. The number of hydrogen-bond acceptors (Lipinski definition) is 1. The van der Waals surface area contributed by atoms with E-state index in [1.54, 1.807) is 6.26 Å². The van der Waals surface area contributed by atoms with Crippen LogP contribution in [0.15, 0.2) is 149 Å². The zero-order valence-electron chi connectivity index (χ0n) is 18.4. The Morgan fingerprint density at radius 1 is 0.424 bits per heavy atom. The Labute approximate surface area is 196 Å². The smallest absolute Gasteiger partial charge is 0.126 e. The second-order valence-corrected chi connectivity index (χ2v) is 7.49. The molecule has 0 fully saturated rings. The monoisotopic (exact) mass is 426 g/mol. The van der Waals surface area contributed by atoms with Crippen molar-refractivity contribution in [3.63, 3.8) is 0 Å². The van der Waals surface area contributed by atoms with Gasteiger partial charge in [-0.05, 0) is 46.0 Å². The summed E-state index contributed by atoms with van der Waals surface area (Å²) in [6, 6.07) is 34.9. The van der Waals surface area contributed by atoms with Gasteiger partial charge in [-0.2, -0.15) is 0 Å². The fraction of sp³-hybridized carbons (Fsp3) is 0. The standard InChI is InChI=1S/C32H26O/c1-4-11-27(12-5-1)18-21-30(22-19-28-13-6-2-7-14-28)31(24-25-32-17-10-26-33-32)23-20-29-15-8-3-9-16-29/h1-26H/b21-18+,22-19+,23-20+,25-24+. The van der Waals surface area contributed by atoms with E-state index in [-0.39, 0.29) is 0 Å². The molecule has 0 aliphatic rings. The molecule has 33 heavy (non-hydrogen) atoms. The van der Waals surface area contributed by atoms with E-state index in [0.717, 1.165) is 33.6 Å². The summed E-state index contributed by atoms with van der Waals surface area (Å²) >= 11 is 0. The van der Waals surface area contributed by atoms with Crippen LogP contribution >= 0.6 is 0 Å². The maximum absolute atomic E-state index is 5.52. The summed E-state index contributed by atoms with van der Waals surface area (Å²) in [4.78, 5) is 0. The van der Waals surface area contributed by atoms with Crippen LogP contribution in [-0.4, -0.2) is 0 Å². The van der Waals surface area contributed by atoms with Crippen molar-refractivity contribution in [1.82, 2.24) is 0 Å². The summed E-state index contributed by atoms with van der Waals surface area (Å²) in [5, 5.41) is 0. The first-order chi connectivity index (χ1) is 16.4. The second-order valence-electron chi connectivity index (χ2n) is 7.49. The van der Waals surface area contributed by atoms with Gasteiger partial charge in [-0.25, -0.2) is 0 Å². The molecule has 0 saturated carbocycles. The van der Waals surface area contributed by atoms with Gasteiger partial charge in [-0.1, -0.05) is 134 Å². The van der Waals surface area contributed by atoms with E-state index in [1.807, 2.05) is 48.5 Å². The third-order valence-electron chi connectivity index (χ3n) is 5.07. The Bertz CT molecular complexity index is 1200. The highest BCUT2D eigenvalue weighted by Crippen LogP contribution is 2.19. The molecule has 1 heteroatoms. The first-order valence-corrected chi connectivity index (χ1v) is 11.0. The molecule has 1 nitrogen and oxygen atoms in total. The number of rotatable bonds is 8. The van der Waals surface area contributed by atoms with Crippen LogP contribution in [0.4, 0.5) is 0 Å². The van der Waals surface area contributed by atoms with Crippen molar-refractivity contribution in [1.29, 1.82) is 0 Å². The van der Waals surface area contributed by atoms with Gasteiger partial charge in [-0.3, -0.25) is 0 Å². The molecule has 1 heterocycles. The van der Waals surface area contributed by atoms with Crippen LogP contribution in [0.3, 0.4) is 0 Å². The molecule has 0 aliphatic carbocycles. The van der Waals surface area contributed by atoms with Crippen LogP contribution in [0.2, 0.25) is 0 Å².